The van der Waals surface area contributed by atoms with Crippen LogP contribution in [-0.2, 0) is 6.61 Å². The van der Waals surface area contributed by atoms with Gasteiger partial charge in [0.05, 0.1) is 5.56 Å². The summed E-state index contributed by atoms with van der Waals surface area (Å²) in [6, 6.07) is 15.6. The van der Waals surface area contributed by atoms with E-state index in [1.807, 2.05) is 54.8 Å². The van der Waals surface area contributed by atoms with Crippen LogP contribution in [-0.4, -0.2) is 16.5 Å². The third-order valence-corrected chi connectivity index (χ3v) is 4.43. The van der Waals surface area contributed by atoms with Crippen molar-refractivity contribution >= 4 is 27.7 Å². The van der Waals surface area contributed by atoms with Gasteiger partial charge >= 0.3 is 0 Å². The molecule has 0 amide bonds. The van der Waals surface area contributed by atoms with Gasteiger partial charge in [-0.25, -0.2) is 0 Å². The van der Waals surface area contributed by atoms with Crippen LogP contribution in [0.3, 0.4) is 0 Å². The normalized spacial score (nSPS) is 10.6. The molecule has 0 aliphatic rings. The van der Waals surface area contributed by atoms with Crippen LogP contribution in [0.1, 0.15) is 5.89 Å². The van der Waals surface area contributed by atoms with Gasteiger partial charge in [0.25, 0.3) is 5.89 Å². The van der Waals surface area contributed by atoms with Gasteiger partial charge in [0.2, 0.25) is 5.89 Å². The van der Waals surface area contributed by atoms with E-state index in [2.05, 4.69) is 26.1 Å². The number of hydrogen-bond donors (Lipinski definition) is 0. The van der Waals surface area contributed by atoms with Crippen LogP contribution in [0.2, 0.25) is 0 Å². The van der Waals surface area contributed by atoms with E-state index in [9.17, 15) is 0 Å². The molecule has 2 aromatic carbocycles. The monoisotopic (exact) mass is 376 g/mol. The minimum Gasteiger partial charge on any atom is -0.484 e. The van der Waals surface area contributed by atoms with E-state index in [1.165, 1.54) is 4.90 Å². The van der Waals surface area contributed by atoms with Gasteiger partial charge in [0.15, 0.2) is 6.61 Å². The van der Waals surface area contributed by atoms with Crippen molar-refractivity contribution < 1.29 is 9.15 Å². The summed E-state index contributed by atoms with van der Waals surface area (Å²) in [5.41, 5.74) is 0.866. The Bertz CT molecular complexity index is 759. The zero-order valence-electron chi connectivity index (χ0n) is 11.8. The van der Waals surface area contributed by atoms with Gasteiger partial charge in [-0.1, -0.05) is 12.1 Å². The molecule has 6 heteroatoms. The van der Waals surface area contributed by atoms with Gasteiger partial charge in [-0.3, -0.25) is 0 Å². The largest absolute Gasteiger partial charge is 0.484 e. The molecule has 0 radical (unpaired) electrons. The van der Waals surface area contributed by atoms with Crippen molar-refractivity contribution in [3.63, 3.8) is 0 Å². The summed E-state index contributed by atoms with van der Waals surface area (Å²) in [6.45, 7) is 0.246. The molecular formula is C16H13BrN2O2S. The predicted molar refractivity (Wildman–Crippen MR) is 90.0 cm³/mol. The molecule has 4 nitrogen and oxygen atoms in total. The standard InChI is InChI=1S/C16H13BrN2O2S/c1-22-12-8-6-11(7-9-12)20-10-15-18-19-16(21-15)13-4-2-3-5-14(13)17/h2-9H,10H2,1H3. The van der Waals surface area contributed by atoms with E-state index >= 15 is 0 Å². The highest BCUT2D eigenvalue weighted by Crippen LogP contribution is 2.27. The first-order valence-electron chi connectivity index (χ1n) is 6.60. The van der Waals surface area contributed by atoms with Crippen LogP contribution in [0.4, 0.5) is 0 Å². The summed E-state index contributed by atoms with van der Waals surface area (Å²) in [6.07, 6.45) is 2.04. The molecule has 3 aromatic rings. The van der Waals surface area contributed by atoms with E-state index in [0.717, 1.165) is 15.8 Å². The van der Waals surface area contributed by atoms with Gasteiger partial charge in [0.1, 0.15) is 5.75 Å². The second-order valence-electron chi connectivity index (χ2n) is 4.45. The Morgan fingerprint density at radius 3 is 2.59 bits per heavy atom. The molecule has 0 aliphatic heterocycles. The fourth-order valence-electron chi connectivity index (χ4n) is 1.87. The molecular weight excluding hydrogens is 364 g/mol. The van der Waals surface area contributed by atoms with E-state index in [4.69, 9.17) is 9.15 Å². The van der Waals surface area contributed by atoms with Gasteiger partial charge in [-0.15, -0.1) is 22.0 Å². The lowest BCUT2D eigenvalue weighted by Gasteiger charge is -2.03. The highest BCUT2D eigenvalue weighted by molar-refractivity contribution is 9.10. The number of halogens is 1. The number of rotatable bonds is 5. The molecule has 22 heavy (non-hydrogen) atoms. The molecule has 0 atom stereocenters. The Balaban J connectivity index is 1.68. The first-order chi connectivity index (χ1) is 10.8. The lowest BCUT2D eigenvalue weighted by molar-refractivity contribution is 0.264. The molecule has 1 heterocycles. The summed E-state index contributed by atoms with van der Waals surface area (Å²) in [5.74, 6) is 1.70. The first kappa shape index (κ1) is 15.1. The van der Waals surface area contributed by atoms with Crippen molar-refractivity contribution in [3.05, 3.63) is 58.9 Å². The molecule has 0 fully saturated rings. The molecule has 0 saturated carbocycles. The number of aromatic nitrogens is 2. The summed E-state index contributed by atoms with van der Waals surface area (Å²) in [5, 5.41) is 8.07. The predicted octanol–water partition coefficient (Wildman–Crippen LogP) is 4.80. The van der Waals surface area contributed by atoms with Gasteiger partial charge in [-0.05, 0) is 58.6 Å². The number of benzene rings is 2. The van der Waals surface area contributed by atoms with Gasteiger partial charge in [0, 0.05) is 9.37 Å². The Morgan fingerprint density at radius 1 is 1.09 bits per heavy atom. The first-order valence-corrected chi connectivity index (χ1v) is 8.62. The van der Waals surface area contributed by atoms with Crippen LogP contribution < -0.4 is 4.74 Å². The lowest BCUT2D eigenvalue weighted by atomic mass is 10.2. The third-order valence-electron chi connectivity index (χ3n) is 2.99. The fraction of sp³-hybridized carbons (Fsp3) is 0.125. The van der Waals surface area contributed by atoms with E-state index in [-0.39, 0.29) is 6.61 Å². The zero-order chi connectivity index (χ0) is 15.4. The van der Waals surface area contributed by atoms with Crippen LogP contribution in [0, 0.1) is 0 Å². The minimum absolute atomic E-state index is 0.246. The maximum atomic E-state index is 5.65. The van der Waals surface area contributed by atoms with Crippen LogP contribution in [0.5, 0.6) is 5.75 Å². The Hall–Kier alpha value is -1.79. The maximum Gasteiger partial charge on any atom is 0.254 e. The van der Waals surface area contributed by atoms with Crippen molar-refractivity contribution in [1.82, 2.24) is 10.2 Å². The van der Waals surface area contributed by atoms with Crippen LogP contribution >= 0.6 is 27.7 Å². The number of ether oxygens (including phenoxy) is 1. The van der Waals surface area contributed by atoms with Crippen LogP contribution in [0.25, 0.3) is 11.5 Å². The average Bonchev–Trinajstić information content (AvgIpc) is 3.02. The molecule has 0 spiro atoms. The highest BCUT2D eigenvalue weighted by Gasteiger charge is 2.11. The molecule has 0 saturated heterocycles. The molecule has 0 N–H and O–H groups in total. The Kier molecular flexibility index (Phi) is 4.80. The number of hydrogen-bond acceptors (Lipinski definition) is 5. The fourth-order valence-corrected chi connectivity index (χ4v) is 2.74. The topological polar surface area (TPSA) is 48.2 Å². The van der Waals surface area contributed by atoms with Gasteiger partial charge < -0.3 is 9.15 Å². The molecule has 0 aliphatic carbocycles. The quantitative estimate of drug-likeness (QED) is 0.598. The van der Waals surface area contributed by atoms with Crippen molar-refractivity contribution in [2.45, 2.75) is 11.5 Å². The van der Waals surface area contributed by atoms with Crippen molar-refractivity contribution in [2.24, 2.45) is 0 Å². The smallest absolute Gasteiger partial charge is 0.254 e. The highest BCUT2D eigenvalue weighted by atomic mass is 79.9. The maximum absolute atomic E-state index is 5.65. The lowest BCUT2D eigenvalue weighted by Crippen LogP contribution is -1.95. The molecule has 3 rings (SSSR count). The van der Waals surface area contributed by atoms with Crippen molar-refractivity contribution in [3.8, 4) is 17.2 Å². The van der Waals surface area contributed by atoms with E-state index < -0.39 is 0 Å². The molecule has 1 aromatic heterocycles. The number of nitrogens with zero attached hydrogens (tertiary/aromatic N) is 2. The second-order valence-corrected chi connectivity index (χ2v) is 6.18. The van der Waals surface area contributed by atoms with E-state index in [1.54, 1.807) is 11.8 Å². The third kappa shape index (κ3) is 3.51. The zero-order valence-corrected chi connectivity index (χ0v) is 14.2. The van der Waals surface area contributed by atoms with Crippen molar-refractivity contribution in [2.75, 3.05) is 6.26 Å². The van der Waals surface area contributed by atoms with Crippen LogP contribution in [0.15, 0.2) is 62.3 Å². The minimum atomic E-state index is 0.246. The summed E-state index contributed by atoms with van der Waals surface area (Å²) in [4.78, 5) is 1.20. The Morgan fingerprint density at radius 2 is 1.86 bits per heavy atom. The summed E-state index contributed by atoms with van der Waals surface area (Å²) >= 11 is 5.16. The van der Waals surface area contributed by atoms with E-state index in [0.29, 0.717) is 11.8 Å². The second kappa shape index (κ2) is 6.98. The summed E-state index contributed by atoms with van der Waals surface area (Å²) < 4.78 is 12.2. The van der Waals surface area contributed by atoms with Gasteiger partial charge in [-0.2, -0.15) is 0 Å². The molecule has 0 unspecified atom stereocenters. The summed E-state index contributed by atoms with van der Waals surface area (Å²) in [7, 11) is 0. The average molecular weight is 377 g/mol. The molecule has 112 valence electrons. The van der Waals surface area contributed by atoms with Crippen molar-refractivity contribution in [1.29, 1.82) is 0 Å². The Labute approximate surface area is 141 Å². The number of thioether (sulfide) groups is 1. The SMILES string of the molecule is CSc1ccc(OCc2nnc(-c3ccccc3Br)o2)cc1. The molecule has 0 bridgehead atoms.